The van der Waals surface area contributed by atoms with Crippen LogP contribution in [0.15, 0.2) is 249 Å². The van der Waals surface area contributed by atoms with Gasteiger partial charge in [0.1, 0.15) is 0 Å². The molecule has 4 saturated heterocycles. The molecule has 3 aromatic heterocycles. The number of amides is 4. The van der Waals surface area contributed by atoms with E-state index in [4.69, 9.17) is 64.6 Å². The van der Waals surface area contributed by atoms with Crippen molar-refractivity contribution in [2.45, 2.75) is 32.6 Å². The number of nitrogens with zero attached hydrogens (tertiary/aromatic N) is 12. The average molecular weight is 1930 g/mol. The molecular weight excluding hydrogens is 1840 g/mol. The molecule has 29 nitrogen and oxygen atoms in total. The van der Waals surface area contributed by atoms with E-state index in [0.717, 1.165) is 59.3 Å². The van der Waals surface area contributed by atoms with E-state index in [2.05, 4.69) is 45.8 Å². The minimum atomic E-state index is -3.55. The molecule has 4 amide bonds. The van der Waals surface area contributed by atoms with Crippen molar-refractivity contribution >= 4 is 179 Å². The first-order chi connectivity index (χ1) is 62.0. The summed E-state index contributed by atoms with van der Waals surface area (Å²) in [5.74, 6) is -1.27. The Balaban J connectivity index is 0.000000148. The monoisotopic (exact) mass is 1930 g/mol. The Kier molecular flexibility index (Phi) is 30.7. The number of halogens is 5. The molecule has 0 unspecified atom stereocenters. The predicted molar refractivity (Wildman–Crippen MR) is 518 cm³/mol. The normalized spacial score (nSPS) is 15.7. The predicted octanol–water partition coefficient (Wildman–Crippen LogP) is 18.0. The summed E-state index contributed by atoms with van der Waals surface area (Å²) in [4.78, 5) is 69.3. The SMILES string of the molecule is CN(C)c1ccc(-c2cc(NC(=O)c3ccc(N4CCCNS4(=O)=O)cc3)ccc2Cl)cc1.CN1CCCN(c2ccc(C(=O)Nc3ccc(Cl)c(-c4cc(Cl)ccn4)c3)cc2)S1(=O)=O.Cc1ccnc(-c2cc(NC(=O)c3ccc(N4CCCN(C)S4(=O)=O)cc3)ccc2Cl)c1.[C-]#[N+]c1ccc(-c2cc(NC(=O)c3ccc(N4CCCN(C)S4(=O)=O)cc3)ccc2Cl)nc1. The second kappa shape index (κ2) is 41.8. The van der Waals surface area contributed by atoms with E-state index < -0.39 is 40.8 Å². The standard InChI is InChI=1S/C24H25ClN4O3S.C23H20ClN5O3S.C23H23ClN4O3S.C22H20Cl2N4O3S/c1-28(2)20-9-4-17(5-10-20)22-16-19(8-13-23(22)25)27-24(30)18-6-11-21(12-7-18)29-15-3-14-26-33(29,31)32;1-25-18-7-11-22(26-15-18)20-14-17(6-10-21(20)24)27-23(30)16-4-8-19(9-5-16)29-13-3-12-28(2)33(29,31)32;1-16-10-11-25-22(14-16)20-15-18(6-9-21(20)24)26-23(29)17-4-7-19(8-5-17)28-13-3-12-27(2)32(28,30)31;1-27-11-2-12-28(32(27,30)31)18-6-3-15(4-7-18)22(29)26-17-5-8-20(24)19(14-17)21-13-16(23)9-10-25-21/h4-13,16,26H,3,14-15H2,1-2H3,(H,27,30);4-11,14-15H,3,12-13H2,2H3,(H,27,30);4-11,14-15H,3,12-13H2,1-2H3,(H,26,29);3-10,13-14H,2,11-12H2,1H3,(H,26,29). The molecule has 16 rings (SSSR count). The van der Waals surface area contributed by atoms with E-state index in [1.54, 1.807) is 222 Å². The molecule has 130 heavy (non-hydrogen) atoms. The summed E-state index contributed by atoms with van der Waals surface area (Å²) in [6.07, 6.45) is 7.69. The van der Waals surface area contributed by atoms with Gasteiger partial charge in [-0.3, -0.25) is 51.4 Å². The molecule has 4 fully saturated rings. The zero-order valence-electron chi connectivity index (χ0n) is 70.9. The van der Waals surface area contributed by atoms with Crippen LogP contribution < -0.4 is 48.1 Å². The van der Waals surface area contributed by atoms with Gasteiger partial charge in [0.05, 0.1) is 61.5 Å². The van der Waals surface area contributed by atoms with Crippen LogP contribution in [-0.2, 0) is 40.8 Å². The van der Waals surface area contributed by atoms with Crippen LogP contribution in [0.5, 0.6) is 0 Å². The highest BCUT2D eigenvalue weighted by Crippen LogP contribution is 2.38. The number of anilines is 9. The maximum absolute atomic E-state index is 12.8. The molecule has 0 aliphatic carbocycles. The Labute approximate surface area is 780 Å². The lowest BCUT2D eigenvalue weighted by Gasteiger charge is -2.33. The first-order valence-corrected chi connectivity index (χ1v) is 48.1. The average Bonchev–Trinajstić information content (AvgIpc) is 0.793. The Morgan fingerprint density at radius 1 is 0.385 bits per heavy atom. The minimum absolute atomic E-state index is 0.294. The minimum Gasteiger partial charge on any atom is -0.378 e. The van der Waals surface area contributed by atoms with Crippen molar-refractivity contribution in [1.82, 2.24) is 32.6 Å². The van der Waals surface area contributed by atoms with Gasteiger partial charge in [0, 0.05) is 189 Å². The molecule has 0 bridgehead atoms. The molecule has 672 valence electrons. The van der Waals surface area contributed by atoms with Crippen LogP contribution in [0.1, 0.15) is 72.7 Å². The molecule has 0 saturated carbocycles. The van der Waals surface area contributed by atoms with Gasteiger partial charge in [-0.1, -0.05) is 76.2 Å². The van der Waals surface area contributed by atoms with E-state index in [1.807, 2.05) is 68.4 Å². The summed E-state index contributed by atoms with van der Waals surface area (Å²) >= 11 is 31.4. The third-order valence-electron chi connectivity index (χ3n) is 21.2. The van der Waals surface area contributed by atoms with Gasteiger partial charge in [0.25, 0.3) is 23.6 Å². The van der Waals surface area contributed by atoms with E-state index in [1.165, 1.54) is 36.3 Å². The summed E-state index contributed by atoms with van der Waals surface area (Å²) in [5.41, 5.74) is 14.2. The Bertz CT molecular complexity index is 6540. The number of carbonyl (C=O) groups is 4. The topological polar surface area (TPSA) is 334 Å². The van der Waals surface area contributed by atoms with Gasteiger partial charge in [-0.25, -0.2) is 4.85 Å². The van der Waals surface area contributed by atoms with Gasteiger partial charge in [0.2, 0.25) is 5.69 Å². The smallest absolute Gasteiger partial charge is 0.303 e. The number of hydrogen-bond acceptors (Lipinski definition) is 16. The third kappa shape index (κ3) is 23.0. The van der Waals surface area contributed by atoms with Gasteiger partial charge in [0.15, 0.2) is 0 Å². The summed E-state index contributed by atoms with van der Waals surface area (Å²) in [5, 5.41) is 14.0. The Morgan fingerprint density at radius 3 is 1.08 bits per heavy atom. The third-order valence-corrected chi connectivity index (χ3v) is 30.1. The van der Waals surface area contributed by atoms with Crippen molar-refractivity contribution in [2.24, 2.45) is 0 Å². The van der Waals surface area contributed by atoms with Crippen LogP contribution in [0.4, 0.5) is 56.9 Å². The van der Waals surface area contributed by atoms with Crippen molar-refractivity contribution in [3.63, 3.8) is 0 Å². The fourth-order valence-corrected chi connectivity index (χ4v) is 20.8. The number of rotatable bonds is 17. The van der Waals surface area contributed by atoms with Crippen LogP contribution in [0.2, 0.25) is 25.1 Å². The highest BCUT2D eigenvalue weighted by Gasteiger charge is 2.35. The lowest BCUT2D eigenvalue weighted by atomic mass is 10.0. The first kappa shape index (κ1) is 95.5. The van der Waals surface area contributed by atoms with Crippen molar-refractivity contribution in [2.75, 3.05) is 131 Å². The molecular formula is C92H88Cl5N17O12S4. The summed E-state index contributed by atoms with van der Waals surface area (Å²) in [7, 11) is -5.51. The fraction of sp³-hybridized carbons (Fsp3) is 0.196. The second-order valence-corrected chi connectivity index (χ2v) is 40.0. The zero-order chi connectivity index (χ0) is 92.9. The van der Waals surface area contributed by atoms with Crippen molar-refractivity contribution in [3.05, 3.63) is 313 Å². The van der Waals surface area contributed by atoms with Crippen molar-refractivity contribution < 1.29 is 52.8 Å². The number of carbonyl (C=O) groups excluding carboxylic acids is 4. The molecule has 12 aromatic rings. The Hall–Kier alpha value is -12.1. The highest BCUT2D eigenvalue weighted by atomic mass is 35.5. The fourth-order valence-electron chi connectivity index (χ4n) is 14.1. The number of hydrogen-bond donors (Lipinski definition) is 5. The summed E-state index contributed by atoms with van der Waals surface area (Å²) < 4.78 is 111. The van der Waals surface area contributed by atoms with Gasteiger partial charge >= 0.3 is 40.8 Å². The van der Waals surface area contributed by atoms with Gasteiger partial charge in [-0.15, -0.1) is 0 Å². The number of benzene rings is 9. The van der Waals surface area contributed by atoms with Crippen molar-refractivity contribution in [3.8, 4) is 44.9 Å². The number of nitrogens with one attached hydrogen (secondary N) is 5. The van der Waals surface area contributed by atoms with Crippen LogP contribution in [0.3, 0.4) is 0 Å². The molecule has 5 N–H and O–H groups in total. The lowest BCUT2D eigenvalue weighted by molar-refractivity contribution is 0.101. The molecule has 0 spiro atoms. The van der Waals surface area contributed by atoms with Crippen LogP contribution in [0, 0.1) is 13.5 Å². The molecule has 0 radical (unpaired) electrons. The highest BCUT2D eigenvalue weighted by molar-refractivity contribution is 7.91. The number of pyridine rings is 3. The van der Waals surface area contributed by atoms with Crippen LogP contribution in [-0.4, -0.2) is 173 Å². The molecule has 4 aliphatic heterocycles. The largest absolute Gasteiger partial charge is 0.378 e. The van der Waals surface area contributed by atoms with E-state index in [9.17, 15) is 52.8 Å². The molecule has 7 heterocycles. The van der Waals surface area contributed by atoms with Gasteiger partial charge < -0.3 is 26.2 Å². The van der Waals surface area contributed by atoms with Gasteiger partial charge in [-0.2, -0.15) is 51.3 Å². The first-order valence-electron chi connectivity index (χ1n) is 40.5. The summed E-state index contributed by atoms with van der Waals surface area (Å²) in [6.45, 7) is 12.5. The lowest BCUT2D eigenvalue weighted by Crippen LogP contribution is -2.47. The second-order valence-electron chi connectivity index (χ2n) is 30.4. The number of aryl methyl sites for hydroxylation is 1. The molecule has 0 atom stereocenters. The van der Waals surface area contributed by atoms with E-state index in [-0.39, 0.29) is 23.6 Å². The van der Waals surface area contributed by atoms with E-state index >= 15 is 0 Å². The molecule has 4 aliphatic rings. The molecule has 9 aromatic carbocycles. The van der Waals surface area contributed by atoms with E-state index in [0.29, 0.717) is 173 Å². The zero-order valence-corrected chi connectivity index (χ0v) is 78.0. The van der Waals surface area contributed by atoms with Crippen molar-refractivity contribution in [1.29, 1.82) is 0 Å². The quantitative estimate of drug-likeness (QED) is 0.0529. The van der Waals surface area contributed by atoms with Crippen LogP contribution >= 0.6 is 58.0 Å². The maximum atomic E-state index is 12.8. The number of aromatic nitrogens is 3. The maximum Gasteiger partial charge on any atom is 0.303 e. The molecule has 38 heteroatoms. The Morgan fingerprint density at radius 2 is 0.731 bits per heavy atom. The van der Waals surface area contributed by atoms with Crippen LogP contribution in [0.25, 0.3) is 49.7 Å². The van der Waals surface area contributed by atoms with Gasteiger partial charge in [-0.05, 0) is 256 Å². The summed E-state index contributed by atoms with van der Waals surface area (Å²) in [6, 6.07) is 65.2.